The lowest BCUT2D eigenvalue weighted by Crippen LogP contribution is -2.53. The van der Waals surface area contributed by atoms with Crippen molar-refractivity contribution in [3.05, 3.63) is 35.9 Å². The number of rotatable bonds is 5. The molecule has 1 aromatic rings. The fourth-order valence-electron chi connectivity index (χ4n) is 4.07. The second kappa shape index (κ2) is 7.97. The summed E-state index contributed by atoms with van der Waals surface area (Å²) in [5, 5.41) is 0.283. The van der Waals surface area contributed by atoms with Crippen molar-refractivity contribution in [2.75, 3.05) is 0 Å². The summed E-state index contributed by atoms with van der Waals surface area (Å²) in [5.74, 6) is 0.195. The Morgan fingerprint density at radius 2 is 1.45 bits per heavy atom. The Morgan fingerprint density at radius 1 is 0.931 bits per heavy atom. The fourth-order valence-corrected chi connectivity index (χ4v) is 8.79. The second-order valence-electron chi connectivity index (χ2n) is 12.0. The molecule has 0 aliphatic carbocycles. The first-order valence-corrected chi connectivity index (χ1v) is 17.0. The van der Waals surface area contributed by atoms with Gasteiger partial charge in [0, 0.05) is 18.1 Å². The van der Waals surface area contributed by atoms with Gasteiger partial charge in [-0.25, -0.2) is 0 Å². The molecule has 3 nitrogen and oxygen atoms in total. The normalized spacial score (nSPS) is 24.3. The van der Waals surface area contributed by atoms with E-state index >= 15 is 0 Å². The molecule has 0 unspecified atom stereocenters. The van der Waals surface area contributed by atoms with Crippen LogP contribution >= 0.6 is 0 Å². The molecule has 0 aromatic heterocycles. The highest BCUT2D eigenvalue weighted by Gasteiger charge is 2.58. The van der Waals surface area contributed by atoms with E-state index in [2.05, 4.69) is 104 Å². The van der Waals surface area contributed by atoms with E-state index < -0.39 is 16.4 Å². The standard InChI is InChI=1S/C24H43NO2Si2/c1-18-21(28(8,9)23(2,3)4)20(27-29(10,11)24(5,6)7)22(26)25(18)17-19-15-13-12-14-16-19/h12-16,18,20-21H,17H2,1-11H3/t18-,20+,21-/m0/s1. The third kappa shape index (κ3) is 4.72. The van der Waals surface area contributed by atoms with Gasteiger partial charge in [0.2, 0.25) is 0 Å². The number of carbonyl (C=O) groups excluding carboxylic acids is 1. The van der Waals surface area contributed by atoms with Gasteiger partial charge in [-0.15, -0.1) is 0 Å². The van der Waals surface area contributed by atoms with E-state index in [1.54, 1.807) is 0 Å². The Balaban J connectivity index is 2.47. The number of carbonyl (C=O) groups is 1. The zero-order chi connectivity index (χ0) is 22.4. The number of nitrogens with zero attached hydrogens (tertiary/aromatic N) is 1. The summed E-state index contributed by atoms with van der Waals surface area (Å²) in [7, 11) is -3.89. The van der Waals surface area contributed by atoms with Crippen molar-refractivity contribution in [2.24, 2.45) is 0 Å². The second-order valence-corrected chi connectivity index (χ2v) is 22.4. The molecule has 1 heterocycles. The lowest BCUT2D eigenvalue weighted by molar-refractivity contribution is -0.135. The minimum Gasteiger partial charge on any atom is -0.405 e. The predicted octanol–water partition coefficient (Wildman–Crippen LogP) is 6.69. The Morgan fingerprint density at radius 3 is 1.90 bits per heavy atom. The third-order valence-electron chi connectivity index (χ3n) is 8.05. The van der Waals surface area contributed by atoms with Crippen molar-refractivity contribution >= 4 is 22.3 Å². The molecule has 1 aliphatic heterocycles. The van der Waals surface area contributed by atoms with E-state index in [-0.39, 0.29) is 33.7 Å². The molecule has 0 spiro atoms. The molecule has 1 aromatic carbocycles. The molecule has 1 amide bonds. The molecule has 0 N–H and O–H groups in total. The average molecular weight is 434 g/mol. The molecule has 3 atom stereocenters. The van der Waals surface area contributed by atoms with Crippen LogP contribution in [-0.4, -0.2) is 39.3 Å². The van der Waals surface area contributed by atoms with Crippen LogP contribution in [0.1, 0.15) is 54.0 Å². The van der Waals surface area contributed by atoms with Gasteiger partial charge in [-0.3, -0.25) is 4.79 Å². The Labute approximate surface area is 181 Å². The van der Waals surface area contributed by atoms with Crippen molar-refractivity contribution in [2.45, 2.75) is 109 Å². The maximum Gasteiger partial charge on any atom is 0.251 e. The smallest absolute Gasteiger partial charge is 0.251 e. The average Bonchev–Trinajstić information content (AvgIpc) is 2.78. The van der Waals surface area contributed by atoms with Gasteiger partial charge in [0.1, 0.15) is 6.10 Å². The highest BCUT2D eigenvalue weighted by Crippen LogP contribution is 2.52. The topological polar surface area (TPSA) is 29.5 Å². The van der Waals surface area contributed by atoms with Crippen molar-refractivity contribution in [1.82, 2.24) is 4.90 Å². The summed E-state index contributed by atoms with van der Waals surface area (Å²) >= 11 is 0. The molecule has 164 valence electrons. The van der Waals surface area contributed by atoms with Crippen molar-refractivity contribution in [3.63, 3.8) is 0 Å². The lowest BCUT2D eigenvalue weighted by Gasteiger charge is -2.47. The van der Waals surface area contributed by atoms with Crippen LogP contribution in [0.15, 0.2) is 30.3 Å². The summed E-state index contributed by atoms with van der Waals surface area (Å²) in [4.78, 5) is 15.8. The third-order valence-corrected chi connectivity index (χ3v) is 18.8. The highest BCUT2D eigenvalue weighted by atomic mass is 28.4. The van der Waals surface area contributed by atoms with Gasteiger partial charge < -0.3 is 9.33 Å². The van der Waals surface area contributed by atoms with Gasteiger partial charge >= 0.3 is 0 Å². The van der Waals surface area contributed by atoms with Gasteiger partial charge in [-0.05, 0) is 35.7 Å². The van der Waals surface area contributed by atoms with Crippen molar-refractivity contribution in [1.29, 1.82) is 0 Å². The number of benzene rings is 1. The van der Waals surface area contributed by atoms with Gasteiger partial charge in [0.15, 0.2) is 8.32 Å². The van der Waals surface area contributed by atoms with Gasteiger partial charge in [-0.1, -0.05) is 85.0 Å². The van der Waals surface area contributed by atoms with E-state index in [1.165, 1.54) is 5.56 Å². The van der Waals surface area contributed by atoms with E-state index in [9.17, 15) is 4.79 Å². The Bertz CT molecular complexity index is 717. The van der Waals surface area contributed by atoms with Crippen LogP contribution in [0.4, 0.5) is 0 Å². The van der Waals surface area contributed by atoms with Gasteiger partial charge in [0.25, 0.3) is 5.91 Å². The molecular formula is C24H43NO2Si2. The summed E-state index contributed by atoms with van der Waals surface area (Å²) in [6.45, 7) is 26.2. The van der Waals surface area contributed by atoms with E-state index in [0.29, 0.717) is 6.54 Å². The zero-order valence-corrected chi connectivity index (χ0v) is 22.6. The van der Waals surface area contributed by atoms with Crippen LogP contribution in [0, 0.1) is 0 Å². The molecular weight excluding hydrogens is 390 g/mol. The molecule has 1 saturated heterocycles. The zero-order valence-electron chi connectivity index (χ0n) is 20.6. The van der Waals surface area contributed by atoms with Crippen LogP contribution in [0.5, 0.6) is 0 Å². The quantitative estimate of drug-likeness (QED) is 0.484. The predicted molar refractivity (Wildman–Crippen MR) is 129 cm³/mol. The van der Waals surface area contributed by atoms with Crippen LogP contribution in [0.25, 0.3) is 0 Å². The van der Waals surface area contributed by atoms with E-state index in [0.717, 1.165) is 0 Å². The maximum absolute atomic E-state index is 13.8. The number of hydrogen-bond donors (Lipinski definition) is 0. The number of likely N-dealkylation sites (tertiary alicyclic amines) is 1. The van der Waals surface area contributed by atoms with Crippen LogP contribution in [0.3, 0.4) is 0 Å². The number of hydrogen-bond acceptors (Lipinski definition) is 2. The first-order chi connectivity index (χ1) is 13.0. The molecule has 1 fully saturated rings. The molecule has 29 heavy (non-hydrogen) atoms. The highest BCUT2D eigenvalue weighted by molar-refractivity contribution is 6.82. The molecule has 1 aliphatic rings. The minimum absolute atomic E-state index is 0.0847. The summed E-state index contributed by atoms with van der Waals surface area (Å²) in [6.07, 6.45) is -0.310. The van der Waals surface area contributed by atoms with E-state index in [4.69, 9.17) is 4.43 Å². The van der Waals surface area contributed by atoms with Crippen LogP contribution in [0.2, 0.25) is 41.8 Å². The summed E-state index contributed by atoms with van der Waals surface area (Å²) < 4.78 is 6.89. The summed E-state index contributed by atoms with van der Waals surface area (Å²) in [6, 6.07) is 10.6. The maximum atomic E-state index is 13.8. The molecule has 5 heteroatoms. The van der Waals surface area contributed by atoms with Crippen molar-refractivity contribution < 1.29 is 9.22 Å². The molecule has 0 bridgehead atoms. The van der Waals surface area contributed by atoms with Gasteiger partial charge in [-0.2, -0.15) is 0 Å². The lowest BCUT2D eigenvalue weighted by atomic mass is 10.2. The van der Waals surface area contributed by atoms with E-state index in [1.807, 2.05) is 6.07 Å². The van der Waals surface area contributed by atoms with Gasteiger partial charge in [0.05, 0.1) is 8.07 Å². The first kappa shape index (κ1) is 24.4. The SMILES string of the molecule is C[C@H]1[C@H]([Si](C)(C)C(C)(C)C)[C@@H](O[Si](C)(C)C(C)(C)C)C(=O)N1Cc1ccccc1. The monoisotopic (exact) mass is 433 g/mol. The Kier molecular flexibility index (Phi) is 6.69. The minimum atomic E-state index is -2.07. The Hall–Kier alpha value is -0.916. The molecule has 2 rings (SSSR count). The molecule has 0 saturated carbocycles. The number of amides is 1. The van der Waals surface area contributed by atoms with Crippen LogP contribution < -0.4 is 0 Å². The molecule has 0 radical (unpaired) electrons. The largest absolute Gasteiger partial charge is 0.405 e. The fraction of sp³-hybridized carbons (Fsp3) is 0.708. The van der Waals surface area contributed by atoms with Crippen LogP contribution in [-0.2, 0) is 15.8 Å². The summed E-state index contributed by atoms with van der Waals surface area (Å²) in [5.41, 5.74) is 1.47. The van der Waals surface area contributed by atoms with Crippen molar-refractivity contribution in [3.8, 4) is 0 Å². The first-order valence-electron chi connectivity index (χ1n) is 11.0.